The molecule has 2 aromatic rings. The lowest BCUT2D eigenvalue weighted by Crippen LogP contribution is -2.20. The topological polar surface area (TPSA) is 3.24 Å². The van der Waals surface area contributed by atoms with Crippen LogP contribution < -0.4 is 0 Å². The van der Waals surface area contributed by atoms with E-state index in [-0.39, 0.29) is 0 Å². The number of aryl methyl sites for hydroxylation is 1. The molecule has 1 aliphatic carbocycles. The quantitative estimate of drug-likeness (QED) is 0.797. The maximum Gasteiger partial charge on any atom is 0.0234 e. The van der Waals surface area contributed by atoms with Gasteiger partial charge in [-0.05, 0) is 47.8 Å². The first-order valence-electron chi connectivity index (χ1n) is 7.64. The third-order valence-electron chi connectivity index (χ3n) is 5.00. The number of hydrogen-bond acceptors (Lipinski definition) is 2. The van der Waals surface area contributed by atoms with Gasteiger partial charge in [0.15, 0.2) is 0 Å². The molecule has 2 unspecified atom stereocenters. The number of hydrogen-bond donors (Lipinski definition) is 0. The zero-order valence-electron chi connectivity index (χ0n) is 12.0. The lowest BCUT2D eigenvalue weighted by atomic mass is 9.81. The molecule has 0 bridgehead atoms. The predicted molar refractivity (Wildman–Crippen MR) is 85.3 cm³/mol. The van der Waals surface area contributed by atoms with E-state index in [1.165, 1.54) is 37.1 Å². The van der Waals surface area contributed by atoms with Gasteiger partial charge in [0.25, 0.3) is 0 Å². The molecule has 1 aromatic heterocycles. The van der Waals surface area contributed by atoms with Crippen LogP contribution in [0.5, 0.6) is 0 Å². The highest BCUT2D eigenvalue weighted by Gasteiger charge is 2.38. The first-order chi connectivity index (χ1) is 9.81. The van der Waals surface area contributed by atoms with Crippen molar-refractivity contribution in [3.05, 3.63) is 57.3 Å². The Bertz CT molecular complexity index is 601. The zero-order valence-corrected chi connectivity index (χ0v) is 12.8. The number of thiophene rings is 1. The van der Waals surface area contributed by atoms with Crippen molar-refractivity contribution in [1.82, 2.24) is 4.90 Å². The van der Waals surface area contributed by atoms with Crippen molar-refractivity contribution < 1.29 is 0 Å². The summed E-state index contributed by atoms with van der Waals surface area (Å²) in [5.74, 6) is 1.70. The smallest absolute Gasteiger partial charge is 0.0234 e. The number of rotatable bonds is 2. The Balaban J connectivity index is 1.53. The Morgan fingerprint density at radius 1 is 1.20 bits per heavy atom. The lowest BCUT2D eigenvalue weighted by Gasteiger charge is -2.24. The average Bonchev–Trinajstić information content (AvgIpc) is 3.03. The summed E-state index contributed by atoms with van der Waals surface area (Å²) in [5, 5.41) is 2.37. The Morgan fingerprint density at radius 2 is 2.05 bits per heavy atom. The number of nitrogens with zero attached hydrogens (tertiary/aromatic N) is 1. The minimum atomic E-state index is 0.807. The van der Waals surface area contributed by atoms with E-state index < -0.39 is 0 Å². The predicted octanol–water partition coefficient (Wildman–Crippen LogP) is 4.22. The van der Waals surface area contributed by atoms with Crippen LogP contribution in [0.2, 0.25) is 0 Å². The summed E-state index contributed by atoms with van der Waals surface area (Å²) < 4.78 is 0. The monoisotopic (exact) mass is 283 g/mol. The van der Waals surface area contributed by atoms with Gasteiger partial charge in [-0.25, -0.2) is 0 Å². The first-order valence-corrected chi connectivity index (χ1v) is 8.52. The van der Waals surface area contributed by atoms with Crippen LogP contribution in [0.25, 0.3) is 0 Å². The van der Waals surface area contributed by atoms with Crippen LogP contribution in [-0.2, 0) is 13.0 Å². The molecule has 2 heterocycles. The van der Waals surface area contributed by atoms with Crippen LogP contribution in [0.1, 0.15) is 33.9 Å². The van der Waals surface area contributed by atoms with E-state index in [2.05, 4.69) is 47.5 Å². The fraction of sp³-hybridized carbons (Fsp3) is 0.444. The maximum atomic E-state index is 2.66. The summed E-state index contributed by atoms with van der Waals surface area (Å²) in [4.78, 5) is 4.36. The summed E-state index contributed by atoms with van der Waals surface area (Å²) in [6.45, 7) is 5.95. The van der Waals surface area contributed by atoms with E-state index in [9.17, 15) is 0 Å². The summed E-state index contributed by atoms with van der Waals surface area (Å²) in [7, 11) is 0. The molecule has 2 atom stereocenters. The molecule has 2 heteroatoms. The fourth-order valence-corrected chi connectivity index (χ4v) is 5.26. The SMILES string of the molecule is Cc1csc2c1CCC1CN(Cc3ccccc3)CC21. The molecular weight excluding hydrogens is 262 g/mol. The van der Waals surface area contributed by atoms with E-state index >= 15 is 0 Å². The Kier molecular flexibility index (Phi) is 3.16. The molecule has 104 valence electrons. The van der Waals surface area contributed by atoms with Gasteiger partial charge in [-0.15, -0.1) is 11.3 Å². The second-order valence-corrected chi connectivity index (χ2v) is 7.26. The molecule has 1 aliphatic heterocycles. The third-order valence-corrected chi connectivity index (χ3v) is 6.28. The highest BCUT2D eigenvalue weighted by Crippen LogP contribution is 2.45. The standard InChI is InChI=1S/C18H21NS/c1-13-12-20-18-16(13)8-7-15-10-19(11-17(15)18)9-14-5-3-2-4-6-14/h2-6,12,15,17H,7-11H2,1H3. The molecular formula is C18H21NS. The van der Waals surface area contributed by atoms with Crippen molar-refractivity contribution >= 4 is 11.3 Å². The van der Waals surface area contributed by atoms with Gasteiger partial charge in [0.05, 0.1) is 0 Å². The van der Waals surface area contributed by atoms with Gasteiger partial charge in [0.1, 0.15) is 0 Å². The highest BCUT2D eigenvalue weighted by atomic mass is 32.1. The Hall–Kier alpha value is -1.12. The van der Waals surface area contributed by atoms with Gasteiger partial charge in [-0.1, -0.05) is 30.3 Å². The molecule has 4 rings (SSSR count). The molecule has 0 radical (unpaired) electrons. The lowest BCUT2D eigenvalue weighted by molar-refractivity contribution is 0.313. The van der Waals surface area contributed by atoms with Crippen molar-refractivity contribution in [3.63, 3.8) is 0 Å². The van der Waals surface area contributed by atoms with E-state index in [1.807, 2.05) is 11.3 Å². The maximum absolute atomic E-state index is 2.66. The van der Waals surface area contributed by atoms with Crippen LogP contribution in [0, 0.1) is 12.8 Å². The molecule has 2 aliphatic rings. The second kappa shape index (κ2) is 5.01. The van der Waals surface area contributed by atoms with Crippen molar-refractivity contribution in [3.8, 4) is 0 Å². The van der Waals surface area contributed by atoms with Crippen molar-refractivity contribution in [2.75, 3.05) is 13.1 Å². The highest BCUT2D eigenvalue weighted by molar-refractivity contribution is 7.10. The van der Waals surface area contributed by atoms with E-state index in [0.29, 0.717) is 0 Å². The van der Waals surface area contributed by atoms with Crippen LogP contribution in [0.4, 0.5) is 0 Å². The molecule has 0 spiro atoms. The molecule has 1 fully saturated rings. The van der Waals surface area contributed by atoms with Gasteiger partial charge >= 0.3 is 0 Å². The minimum absolute atomic E-state index is 0.807. The van der Waals surface area contributed by atoms with Gasteiger partial charge in [-0.3, -0.25) is 4.90 Å². The normalized spacial score (nSPS) is 25.4. The Labute approximate surface area is 125 Å². The minimum Gasteiger partial charge on any atom is -0.298 e. The summed E-state index contributed by atoms with van der Waals surface area (Å²) in [5.41, 5.74) is 4.66. The van der Waals surface area contributed by atoms with Gasteiger partial charge < -0.3 is 0 Å². The zero-order chi connectivity index (χ0) is 13.5. The van der Waals surface area contributed by atoms with Crippen molar-refractivity contribution in [1.29, 1.82) is 0 Å². The van der Waals surface area contributed by atoms with Gasteiger partial charge in [-0.2, -0.15) is 0 Å². The van der Waals surface area contributed by atoms with Crippen LogP contribution in [0.3, 0.4) is 0 Å². The van der Waals surface area contributed by atoms with Gasteiger partial charge in [0.2, 0.25) is 0 Å². The van der Waals surface area contributed by atoms with E-state index in [1.54, 1.807) is 10.4 Å². The molecule has 0 N–H and O–H groups in total. The molecule has 20 heavy (non-hydrogen) atoms. The molecule has 0 saturated carbocycles. The van der Waals surface area contributed by atoms with E-state index in [0.717, 1.165) is 18.4 Å². The van der Waals surface area contributed by atoms with E-state index in [4.69, 9.17) is 0 Å². The van der Waals surface area contributed by atoms with Crippen LogP contribution in [-0.4, -0.2) is 18.0 Å². The summed E-state index contributed by atoms with van der Waals surface area (Å²) >= 11 is 2.01. The average molecular weight is 283 g/mol. The first kappa shape index (κ1) is 12.6. The second-order valence-electron chi connectivity index (χ2n) is 6.35. The van der Waals surface area contributed by atoms with Crippen molar-refractivity contribution in [2.45, 2.75) is 32.2 Å². The largest absolute Gasteiger partial charge is 0.298 e. The number of benzene rings is 1. The van der Waals surface area contributed by atoms with Crippen LogP contribution in [0.15, 0.2) is 35.7 Å². The van der Waals surface area contributed by atoms with Gasteiger partial charge in [0, 0.05) is 30.4 Å². The summed E-state index contributed by atoms with van der Waals surface area (Å²) in [6, 6.07) is 10.9. The fourth-order valence-electron chi connectivity index (χ4n) is 3.97. The number of likely N-dealkylation sites (tertiary alicyclic amines) is 1. The third kappa shape index (κ3) is 2.11. The van der Waals surface area contributed by atoms with Crippen molar-refractivity contribution in [2.24, 2.45) is 5.92 Å². The Morgan fingerprint density at radius 3 is 2.90 bits per heavy atom. The molecule has 0 amide bonds. The summed E-state index contributed by atoms with van der Waals surface area (Å²) in [6.07, 6.45) is 2.70. The molecule has 1 saturated heterocycles. The van der Waals surface area contributed by atoms with Crippen LogP contribution >= 0.6 is 11.3 Å². The molecule has 1 nitrogen and oxygen atoms in total. The number of fused-ring (bicyclic) bond motifs is 3. The molecule has 1 aromatic carbocycles.